The Morgan fingerprint density at radius 2 is 1.78 bits per heavy atom. The first-order valence-corrected chi connectivity index (χ1v) is 6.50. The summed E-state index contributed by atoms with van der Waals surface area (Å²) < 4.78 is 0. The molecular formula is C13H24N2O3. The van der Waals surface area contributed by atoms with E-state index in [1.165, 1.54) is 0 Å². The lowest BCUT2D eigenvalue weighted by Crippen LogP contribution is -2.47. The Labute approximate surface area is 108 Å². The second-order valence-electron chi connectivity index (χ2n) is 6.17. The van der Waals surface area contributed by atoms with Crippen molar-refractivity contribution in [3.05, 3.63) is 0 Å². The van der Waals surface area contributed by atoms with Crippen molar-refractivity contribution >= 4 is 11.9 Å². The third-order valence-electron chi connectivity index (χ3n) is 3.42. The Balaban J connectivity index is 2.39. The van der Waals surface area contributed by atoms with E-state index in [1.54, 1.807) is 0 Å². The topological polar surface area (TPSA) is 78.4 Å². The lowest BCUT2D eigenvalue weighted by atomic mass is 9.86. The molecule has 1 saturated carbocycles. The lowest BCUT2D eigenvalue weighted by molar-refractivity contribution is -0.148. The van der Waals surface area contributed by atoms with E-state index in [9.17, 15) is 14.7 Å². The van der Waals surface area contributed by atoms with Crippen LogP contribution >= 0.6 is 0 Å². The van der Waals surface area contributed by atoms with E-state index in [4.69, 9.17) is 0 Å². The number of aliphatic carboxylic acids is 1. The zero-order valence-electron chi connectivity index (χ0n) is 11.5. The van der Waals surface area contributed by atoms with Gasteiger partial charge in [-0.25, -0.2) is 0 Å². The average Bonchev–Trinajstić information content (AvgIpc) is 2.72. The van der Waals surface area contributed by atoms with Gasteiger partial charge in [-0.1, -0.05) is 12.8 Å². The highest BCUT2D eigenvalue weighted by Crippen LogP contribution is 2.37. The Kier molecular flexibility index (Phi) is 4.73. The number of carbonyl (C=O) groups excluding carboxylic acids is 1. The Bertz CT molecular complexity index is 315. The zero-order chi connectivity index (χ0) is 13.8. The molecule has 1 amide bonds. The fourth-order valence-corrected chi connectivity index (χ4v) is 2.19. The van der Waals surface area contributed by atoms with Crippen LogP contribution in [0.4, 0.5) is 0 Å². The molecule has 3 N–H and O–H groups in total. The van der Waals surface area contributed by atoms with Crippen LogP contribution in [0, 0.1) is 5.41 Å². The number of rotatable bonds is 5. The van der Waals surface area contributed by atoms with Crippen molar-refractivity contribution in [3.63, 3.8) is 0 Å². The van der Waals surface area contributed by atoms with Gasteiger partial charge in [0, 0.05) is 12.1 Å². The SMILES string of the molecule is CC(C)(C)NCC(=O)NCC1(C(=O)O)CCCC1. The van der Waals surface area contributed by atoms with Crippen molar-refractivity contribution in [1.29, 1.82) is 0 Å². The monoisotopic (exact) mass is 256 g/mol. The summed E-state index contributed by atoms with van der Waals surface area (Å²) in [6, 6.07) is 0. The van der Waals surface area contributed by atoms with Gasteiger partial charge in [-0.2, -0.15) is 0 Å². The van der Waals surface area contributed by atoms with Crippen LogP contribution in [0.1, 0.15) is 46.5 Å². The van der Waals surface area contributed by atoms with Crippen molar-refractivity contribution in [2.45, 2.75) is 52.0 Å². The van der Waals surface area contributed by atoms with Crippen LogP contribution in [-0.2, 0) is 9.59 Å². The van der Waals surface area contributed by atoms with Crippen LogP contribution < -0.4 is 10.6 Å². The minimum absolute atomic E-state index is 0.116. The summed E-state index contributed by atoms with van der Waals surface area (Å²) in [4.78, 5) is 22.9. The van der Waals surface area contributed by atoms with E-state index in [-0.39, 0.29) is 24.5 Å². The largest absolute Gasteiger partial charge is 0.481 e. The predicted octanol–water partition coefficient (Wildman–Crippen LogP) is 1.14. The highest BCUT2D eigenvalue weighted by atomic mass is 16.4. The first-order valence-electron chi connectivity index (χ1n) is 6.50. The molecule has 0 aromatic rings. The summed E-state index contributed by atoms with van der Waals surface area (Å²) in [7, 11) is 0. The summed E-state index contributed by atoms with van der Waals surface area (Å²) in [5.41, 5.74) is -0.855. The number of carboxylic acid groups (broad SMARTS) is 1. The Hall–Kier alpha value is -1.10. The molecule has 0 aromatic heterocycles. The van der Waals surface area contributed by atoms with Crippen LogP contribution in [0.3, 0.4) is 0 Å². The molecule has 1 fully saturated rings. The van der Waals surface area contributed by atoms with Gasteiger partial charge >= 0.3 is 5.97 Å². The fourth-order valence-electron chi connectivity index (χ4n) is 2.19. The molecule has 0 radical (unpaired) electrons. The Morgan fingerprint density at radius 3 is 2.22 bits per heavy atom. The van der Waals surface area contributed by atoms with Crippen LogP contribution in [-0.4, -0.2) is 35.6 Å². The second kappa shape index (κ2) is 5.69. The Morgan fingerprint density at radius 1 is 1.22 bits per heavy atom. The maximum Gasteiger partial charge on any atom is 0.311 e. The maximum absolute atomic E-state index is 11.6. The van der Waals surface area contributed by atoms with Crippen LogP contribution in [0.5, 0.6) is 0 Å². The number of hydrogen-bond donors (Lipinski definition) is 3. The van der Waals surface area contributed by atoms with E-state index in [0.29, 0.717) is 12.8 Å². The molecule has 1 aliphatic carbocycles. The number of carboxylic acids is 1. The average molecular weight is 256 g/mol. The van der Waals surface area contributed by atoms with Crippen molar-refractivity contribution < 1.29 is 14.7 Å². The molecule has 0 aliphatic heterocycles. The van der Waals surface area contributed by atoms with Gasteiger partial charge in [-0.3, -0.25) is 9.59 Å². The molecule has 0 aromatic carbocycles. The molecule has 0 unspecified atom stereocenters. The minimum atomic E-state index is -0.788. The van der Waals surface area contributed by atoms with Gasteiger partial charge in [0.2, 0.25) is 5.91 Å². The highest BCUT2D eigenvalue weighted by Gasteiger charge is 2.41. The third kappa shape index (κ3) is 4.29. The maximum atomic E-state index is 11.6. The molecule has 0 bridgehead atoms. The van der Waals surface area contributed by atoms with Gasteiger partial charge in [0.25, 0.3) is 0 Å². The molecular weight excluding hydrogens is 232 g/mol. The summed E-state index contributed by atoms with van der Waals surface area (Å²) >= 11 is 0. The molecule has 104 valence electrons. The highest BCUT2D eigenvalue weighted by molar-refractivity contribution is 5.80. The summed E-state index contributed by atoms with van der Waals surface area (Å²) in [6.45, 7) is 6.41. The standard InChI is InChI=1S/C13H24N2O3/c1-12(2,3)15-8-10(16)14-9-13(11(17)18)6-4-5-7-13/h15H,4-9H2,1-3H3,(H,14,16)(H,17,18). The quantitative estimate of drug-likeness (QED) is 0.689. The van der Waals surface area contributed by atoms with Crippen LogP contribution in [0.15, 0.2) is 0 Å². The van der Waals surface area contributed by atoms with Gasteiger partial charge in [0.05, 0.1) is 12.0 Å². The number of amides is 1. The van der Waals surface area contributed by atoms with Gasteiger partial charge in [0.1, 0.15) is 0 Å². The normalized spacial score (nSPS) is 18.6. The lowest BCUT2D eigenvalue weighted by Gasteiger charge is -2.25. The third-order valence-corrected chi connectivity index (χ3v) is 3.42. The molecule has 0 spiro atoms. The van der Waals surface area contributed by atoms with E-state index >= 15 is 0 Å². The van der Waals surface area contributed by atoms with Crippen molar-refractivity contribution in [3.8, 4) is 0 Å². The van der Waals surface area contributed by atoms with Crippen molar-refractivity contribution in [2.24, 2.45) is 5.41 Å². The van der Waals surface area contributed by atoms with Crippen LogP contribution in [0.2, 0.25) is 0 Å². The smallest absolute Gasteiger partial charge is 0.311 e. The molecule has 1 rings (SSSR count). The molecule has 0 atom stereocenters. The first-order chi connectivity index (χ1) is 8.25. The fraction of sp³-hybridized carbons (Fsp3) is 0.846. The molecule has 5 nitrogen and oxygen atoms in total. The molecule has 18 heavy (non-hydrogen) atoms. The van der Waals surface area contributed by atoms with Crippen molar-refractivity contribution in [1.82, 2.24) is 10.6 Å². The van der Waals surface area contributed by atoms with Gasteiger partial charge in [-0.15, -0.1) is 0 Å². The van der Waals surface area contributed by atoms with Gasteiger partial charge < -0.3 is 15.7 Å². The van der Waals surface area contributed by atoms with E-state index in [1.807, 2.05) is 20.8 Å². The van der Waals surface area contributed by atoms with Crippen LogP contribution in [0.25, 0.3) is 0 Å². The summed E-state index contributed by atoms with van der Waals surface area (Å²) in [6.07, 6.45) is 3.19. The van der Waals surface area contributed by atoms with E-state index < -0.39 is 11.4 Å². The number of carbonyl (C=O) groups is 2. The van der Waals surface area contributed by atoms with Crippen molar-refractivity contribution in [2.75, 3.05) is 13.1 Å². The minimum Gasteiger partial charge on any atom is -0.481 e. The molecule has 0 heterocycles. The number of nitrogens with one attached hydrogen (secondary N) is 2. The summed E-state index contributed by atoms with van der Waals surface area (Å²) in [5.74, 6) is -0.929. The van der Waals surface area contributed by atoms with Gasteiger partial charge in [-0.05, 0) is 33.6 Å². The predicted molar refractivity (Wildman–Crippen MR) is 69.3 cm³/mol. The molecule has 5 heteroatoms. The van der Waals surface area contributed by atoms with Gasteiger partial charge in [0.15, 0.2) is 0 Å². The summed E-state index contributed by atoms with van der Waals surface area (Å²) in [5, 5.41) is 15.1. The van der Waals surface area contributed by atoms with E-state index in [2.05, 4.69) is 10.6 Å². The molecule has 1 aliphatic rings. The van der Waals surface area contributed by atoms with E-state index in [0.717, 1.165) is 12.8 Å². The first kappa shape index (κ1) is 15.0. The second-order valence-corrected chi connectivity index (χ2v) is 6.17. The molecule has 0 saturated heterocycles. The zero-order valence-corrected chi connectivity index (χ0v) is 11.5. The number of hydrogen-bond acceptors (Lipinski definition) is 3.